The first-order chi connectivity index (χ1) is 13.9. The Morgan fingerprint density at radius 3 is 2.48 bits per heavy atom. The van der Waals surface area contributed by atoms with Gasteiger partial charge in [-0.2, -0.15) is 4.31 Å². The average Bonchev–Trinajstić information content (AvgIpc) is 2.73. The lowest BCUT2D eigenvalue weighted by Gasteiger charge is -2.29. The molecule has 1 fully saturated rings. The van der Waals surface area contributed by atoms with Crippen LogP contribution >= 0.6 is 0 Å². The van der Waals surface area contributed by atoms with E-state index in [-0.39, 0.29) is 10.8 Å². The molecule has 0 spiro atoms. The Balaban J connectivity index is 1.73. The average molecular weight is 419 g/mol. The number of anilines is 1. The molecule has 29 heavy (non-hydrogen) atoms. The fourth-order valence-corrected chi connectivity index (χ4v) is 4.79. The molecule has 7 nitrogen and oxygen atoms in total. The van der Waals surface area contributed by atoms with Crippen molar-refractivity contribution in [1.82, 2.24) is 4.31 Å². The minimum Gasteiger partial charge on any atom is -0.495 e. The Kier molecular flexibility index (Phi) is 6.89. The van der Waals surface area contributed by atoms with Crippen LogP contribution in [0.1, 0.15) is 12.0 Å². The molecule has 1 aliphatic heterocycles. The molecule has 0 atom stereocenters. The molecule has 1 amide bonds. The van der Waals surface area contributed by atoms with Gasteiger partial charge in [0.05, 0.1) is 50.9 Å². The van der Waals surface area contributed by atoms with Gasteiger partial charge in [0.2, 0.25) is 15.9 Å². The van der Waals surface area contributed by atoms with Crippen molar-refractivity contribution in [2.75, 3.05) is 45.7 Å². The molecule has 0 unspecified atom stereocenters. The van der Waals surface area contributed by atoms with Gasteiger partial charge in [0, 0.05) is 6.42 Å². The predicted octanol–water partition coefficient (Wildman–Crippen LogP) is 0.786. The van der Waals surface area contributed by atoms with E-state index < -0.39 is 10.0 Å². The van der Waals surface area contributed by atoms with E-state index in [1.165, 1.54) is 28.4 Å². The number of hydrogen-bond acceptors (Lipinski definition) is 4. The Hall–Kier alpha value is -2.42. The third-order valence-electron chi connectivity index (χ3n) is 5.14. The lowest BCUT2D eigenvalue weighted by atomic mass is 10.1. The Bertz CT molecular complexity index is 940. The van der Waals surface area contributed by atoms with E-state index in [9.17, 15) is 13.2 Å². The van der Waals surface area contributed by atoms with Crippen LogP contribution in [-0.4, -0.2) is 59.0 Å². The van der Waals surface area contributed by atoms with Gasteiger partial charge in [-0.25, -0.2) is 8.42 Å². The van der Waals surface area contributed by atoms with Gasteiger partial charge >= 0.3 is 0 Å². The Morgan fingerprint density at radius 2 is 1.83 bits per heavy atom. The highest BCUT2D eigenvalue weighted by atomic mass is 32.2. The van der Waals surface area contributed by atoms with Crippen LogP contribution in [0.2, 0.25) is 0 Å². The summed E-state index contributed by atoms with van der Waals surface area (Å²) in [6.07, 6.45) is 0.905. The molecule has 8 heteroatoms. The van der Waals surface area contributed by atoms with E-state index >= 15 is 0 Å². The van der Waals surface area contributed by atoms with Crippen molar-refractivity contribution < 1.29 is 22.8 Å². The van der Waals surface area contributed by atoms with Gasteiger partial charge in [0.15, 0.2) is 0 Å². The van der Waals surface area contributed by atoms with Crippen molar-refractivity contribution in [2.45, 2.75) is 17.7 Å². The minimum absolute atomic E-state index is 0.163. The second kappa shape index (κ2) is 9.39. The fourth-order valence-electron chi connectivity index (χ4n) is 3.32. The van der Waals surface area contributed by atoms with Crippen molar-refractivity contribution in [1.29, 1.82) is 0 Å². The van der Waals surface area contributed by atoms with Crippen molar-refractivity contribution in [2.24, 2.45) is 0 Å². The Morgan fingerprint density at radius 1 is 1.14 bits per heavy atom. The van der Waals surface area contributed by atoms with Crippen molar-refractivity contribution in [3.63, 3.8) is 0 Å². The van der Waals surface area contributed by atoms with E-state index in [2.05, 4.69) is 12.4 Å². The van der Waals surface area contributed by atoms with Crippen LogP contribution in [0.5, 0.6) is 5.75 Å². The maximum atomic E-state index is 13.0. The molecule has 0 aromatic heterocycles. The molecule has 2 aromatic carbocycles. The highest BCUT2D eigenvalue weighted by Crippen LogP contribution is 2.29. The number of quaternary nitrogens is 1. The monoisotopic (exact) mass is 418 g/mol. The summed E-state index contributed by atoms with van der Waals surface area (Å²) in [6.45, 7) is 2.52. The van der Waals surface area contributed by atoms with Crippen LogP contribution in [0.3, 0.4) is 0 Å². The summed E-state index contributed by atoms with van der Waals surface area (Å²) in [5, 5.41) is 2.80. The number of amides is 1. The lowest BCUT2D eigenvalue weighted by molar-refractivity contribution is -0.883. The summed E-state index contributed by atoms with van der Waals surface area (Å²) in [6, 6.07) is 14.3. The van der Waals surface area contributed by atoms with Gasteiger partial charge in [0.25, 0.3) is 0 Å². The largest absolute Gasteiger partial charge is 0.495 e. The number of aryl methyl sites for hydroxylation is 1. The van der Waals surface area contributed by atoms with E-state index in [1.807, 2.05) is 30.3 Å². The van der Waals surface area contributed by atoms with Crippen molar-refractivity contribution in [3.05, 3.63) is 54.1 Å². The zero-order chi connectivity index (χ0) is 20.9. The first-order valence-corrected chi connectivity index (χ1v) is 11.2. The normalized spacial score (nSPS) is 15.8. The van der Waals surface area contributed by atoms with E-state index in [0.717, 1.165) is 18.7 Å². The maximum Gasteiger partial charge on any atom is 0.243 e. The number of carbonyl (C=O) groups excluding carboxylic acids is 1. The number of carbonyl (C=O) groups is 1. The second-order valence-corrected chi connectivity index (χ2v) is 9.19. The van der Waals surface area contributed by atoms with E-state index in [1.54, 1.807) is 6.07 Å². The first-order valence-electron chi connectivity index (χ1n) is 9.73. The fraction of sp³-hybridized carbons (Fsp3) is 0.381. The molecule has 156 valence electrons. The van der Waals surface area contributed by atoms with Crippen LogP contribution in [0.25, 0.3) is 0 Å². The number of benzene rings is 2. The van der Waals surface area contributed by atoms with Crippen molar-refractivity contribution in [3.8, 4) is 5.75 Å². The number of rotatable bonds is 7. The standard InChI is InChI=1S/C21H27N3O4S/c1-23-12-14-24(15-13-23)29(26,27)18-9-10-20(28-2)19(16-18)22-21(25)11-8-17-6-4-3-5-7-17/h3-7,9-10,16H,8,11-15H2,1-2H3,(H,22,25)/p+1. The number of nitrogens with zero attached hydrogens (tertiary/aromatic N) is 1. The summed E-state index contributed by atoms with van der Waals surface area (Å²) in [5.74, 6) is 0.240. The molecular formula is C21H28N3O4S+. The second-order valence-electron chi connectivity index (χ2n) is 7.26. The smallest absolute Gasteiger partial charge is 0.243 e. The molecule has 3 rings (SSSR count). The van der Waals surface area contributed by atoms with Gasteiger partial charge in [-0.1, -0.05) is 30.3 Å². The number of hydrogen-bond donors (Lipinski definition) is 2. The molecule has 2 N–H and O–H groups in total. The third-order valence-corrected chi connectivity index (χ3v) is 7.04. The summed E-state index contributed by atoms with van der Waals surface area (Å²) in [5.41, 5.74) is 1.44. The minimum atomic E-state index is -3.61. The molecule has 0 saturated carbocycles. The zero-order valence-corrected chi connectivity index (χ0v) is 17.7. The van der Waals surface area contributed by atoms with Gasteiger partial charge in [-0.05, 0) is 30.2 Å². The van der Waals surface area contributed by atoms with E-state index in [0.29, 0.717) is 37.4 Å². The molecule has 0 bridgehead atoms. The molecule has 1 saturated heterocycles. The third kappa shape index (κ3) is 5.35. The van der Waals surface area contributed by atoms with Crippen LogP contribution in [0.4, 0.5) is 5.69 Å². The first kappa shape index (κ1) is 21.3. The summed E-state index contributed by atoms with van der Waals surface area (Å²) in [7, 11) is -0.0624. The maximum absolute atomic E-state index is 13.0. The molecule has 0 aliphatic carbocycles. The van der Waals surface area contributed by atoms with Crippen LogP contribution in [0.15, 0.2) is 53.4 Å². The lowest BCUT2D eigenvalue weighted by Crippen LogP contribution is -3.12. The Labute approximate surface area is 172 Å². The molecule has 1 heterocycles. The molecular weight excluding hydrogens is 390 g/mol. The topological polar surface area (TPSA) is 80.2 Å². The number of nitrogens with one attached hydrogen (secondary N) is 2. The zero-order valence-electron chi connectivity index (χ0n) is 16.8. The number of likely N-dealkylation sites (N-methyl/N-ethyl adjacent to an activating group) is 1. The van der Waals surface area contributed by atoms with Crippen LogP contribution in [0, 0.1) is 0 Å². The number of methoxy groups -OCH3 is 1. The van der Waals surface area contributed by atoms with Gasteiger partial charge in [0.1, 0.15) is 5.75 Å². The number of ether oxygens (including phenoxy) is 1. The van der Waals surface area contributed by atoms with Gasteiger partial charge in [-0.15, -0.1) is 0 Å². The molecule has 1 aliphatic rings. The summed E-state index contributed by atoms with van der Waals surface area (Å²) >= 11 is 0. The number of piperazine rings is 1. The highest BCUT2D eigenvalue weighted by molar-refractivity contribution is 7.89. The predicted molar refractivity (Wildman–Crippen MR) is 112 cm³/mol. The molecule has 0 radical (unpaired) electrons. The van der Waals surface area contributed by atoms with Gasteiger partial charge < -0.3 is 15.0 Å². The highest BCUT2D eigenvalue weighted by Gasteiger charge is 2.29. The van der Waals surface area contributed by atoms with Crippen LogP contribution < -0.4 is 15.0 Å². The summed E-state index contributed by atoms with van der Waals surface area (Å²) in [4.78, 5) is 13.9. The molecule has 2 aromatic rings. The van der Waals surface area contributed by atoms with E-state index in [4.69, 9.17) is 4.74 Å². The summed E-state index contributed by atoms with van der Waals surface area (Å²) < 4.78 is 32.8. The number of sulfonamides is 1. The SMILES string of the molecule is COc1ccc(S(=O)(=O)N2CC[NH+](C)CC2)cc1NC(=O)CCc1ccccc1. The van der Waals surface area contributed by atoms with Crippen molar-refractivity contribution >= 4 is 21.6 Å². The van der Waals surface area contributed by atoms with Gasteiger partial charge in [-0.3, -0.25) is 4.79 Å². The van der Waals surface area contributed by atoms with Crippen LogP contribution in [-0.2, 0) is 21.2 Å². The quantitative estimate of drug-likeness (QED) is 0.697.